The standard InChI is InChI=1S/C29H29N5O9S/c1-16-11-24(25(42-4)15-23(16)32-31-22-8-6-20(41-3)14-26(22)43-10-9-35)33-34-28-27(44(38,39)40)13-18-12-19(30-17(2)36)5-7-21(18)29(28)37/h5-8,11-15,33,35H,9-10H2,1-4H3,(H,30,36)(H,38,39,40)/b32-31+,34-28-. The number of carbonyl (C=O) groups excluding carboxylic acids is 2. The van der Waals surface area contributed by atoms with E-state index in [0.29, 0.717) is 34.1 Å². The van der Waals surface area contributed by atoms with Crippen molar-refractivity contribution in [2.45, 2.75) is 13.8 Å². The Kier molecular flexibility index (Phi) is 9.73. The molecule has 1 amide bonds. The Hall–Kier alpha value is -5.12. The van der Waals surface area contributed by atoms with Crippen molar-refractivity contribution in [3.8, 4) is 17.2 Å². The van der Waals surface area contributed by atoms with Crippen LogP contribution in [0.1, 0.15) is 28.4 Å². The van der Waals surface area contributed by atoms with Gasteiger partial charge in [-0.3, -0.25) is 19.6 Å². The molecule has 3 aromatic carbocycles. The third-order valence-corrected chi connectivity index (χ3v) is 7.08. The normalized spacial score (nSPS) is 13.8. The van der Waals surface area contributed by atoms with Crippen molar-refractivity contribution in [1.29, 1.82) is 0 Å². The van der Waals surface area contributed by atoms with E-state index in [9.17, 15) is 22.6 Å². The summed E-state index contributed by atoms with van der Waals surface area (Å²) in [7, 11) is -1.97. The number of aliphatic hydroxyl groups is 1. The summed E-state index contributed by atoms with van der Waals surface area (Å²) in [5.74, 6) is 0.00657. The molecule has 0 radical (unpaired) electrons. The van der Waals surface area contributed by atoms with Crippen LogP contribution in [-0.4, -0.2) is 62.9 Å². The molecule has 0 atom stereocenters. The van der Waals surface area contributed by atoms with Crippen molar-refractivity contribution in [2.24, 2.45) is 15.3 Å². The molecule has 230 valence electrons. The number of aryl methyl sites for hydroxylation is 1. The first-order valence-electron chi connectivity index (χ1n) is 13.0. The van der Waals surface area contributed by atoms with Crippen LogP contribution < -0.4 is 25.0 Å². The van der Waals surface area contributed by atoms with Gasteiger partial charge >= 0.3 is 0 Å². The second-order valence-electron chi connectivity index (χ2n) is 9.31. The summed E-state index contributed by atoms with van der Waals surface area (Å²) >= 11 is 0. The van der Waals surface area contributed by atoms with E-state index >= 15 is 0 Å². The van der Waals surface area contributed by atoms with Crippen LogP contribution in [0.25, 0.3) is 6.08 Å². The molecule has 0 spiro atoms. The maximum atomic E-state index is 13.3. The topological polar surface area (TPSA) is 198 Å². The summed E-state index contributed by atoms with van der Waals surface area (Å²) in [5.41, 5.74) is 4.42. The highest BCUT2D eigenvalue weighted by Gasteiger charge is 2.33. The summed E-state index contributed by atoms with van der Waals surface area (Å²) < 4.78 is 50.6. The number of Topliss-reactive ketones (excluding diaryl/α,β-unsaturated/α-hetero) is 1. The Morgan fingerprint density at radius 3 is 2.39 bits per heavy atom. The molecule has 0 aromatic heterocycles. The van der Waals surface area contributed by atoms with Crippen molar-refractivity contribution in [1.82, 2.24) is 0 Å². The highest BCUT2D eigenvalue weighted by molar-refractivity contribution is 7.91. The SMILES string of the molecule is COc1ccc(/N=N/c2cc(OC)c(N/N=C3\C(=O)c4ccc(NC(C)=O)cc4C=C3S(=O)(=O)O)cc2C)c(OCCO)c1. The van der Waals surface area contributed by atoms with Crippen LogP contribution in [0.15, 0.2) is 68.8 Å². The number of fused-ring (bicyclic) bond motifs is 1. The fourth-order valence-electron chi connectivity index (χ4n) is 4.16. The Labute approximate surface area is 252 Å². The number of anilines is 2. The second-order valence-corrected chi connectivity index (χ2v) is 10.7. The van der Waals surface area contributed by atoms with Crippen molar-refractivity contribution in [3.63, 3.8) is 0 Å². The van der Waals surface area contributed by atoms with E-state index in [4.69, 9.17) is 19.3 Å². The third-order valence-electron chi connectivity index (χ3n) is 6.22. The van der Waals surface area contributed by atoms with Gasteiger partial charge < -0.3 is 24.6 Å². The number of nitrogens with zero attached hydrogens (tertiary/aromatic N) is 3. The quantitative estimate of drug-likeness (QED) is 0.132. The van der Waals surface area contributed by atoms with E-state index in [0.717, 1.165) is 6.08 Å². The number of hydrogen-bond donors (Lipinski definition) is 4. The highest BCUT2D eigenvalue weighted by Crippen LogP contribution is 2.37. The van der Waals surface area contributed by atoms with Gasteiger partial charge in [0.2, 0.25) is 11.7 Å². The number of methoxy groups -OCH3 is 2. The molecular weight excluding hydrogens is 594 g/mol. The molecule has 1 aliphatic rings. The number of ether oxygens (including phenoxy) is 3. The number of ketones is 1. The minimum absolute atomic E-state index is 0.0477. The maximum absolute atomic E-state index is 13.3. The molecule has 44 heavy (non-hydrogen) atoms. The summed E-state index contributed by atoms with van der Waals surface area (Å²) in [6.45, 7) is 2.90. The first kappa shape index (κ1) is 31.8. The number of hydrazone groups is 1. The molecule has 0 aliphatic heterocycles. The molecule has 0 unspecified atom stereocenters. The zero-order valence-electron chi connectivity index (χ0n) is 24.1. The maximum Gasteiger partial charge on any atom is 0.296 e. The Morgan fingerprint density at radius 1 is 0.977 bits per heavy atom. The van der Waals surface area contributed by atoms with Gasteiger partial charge in [0.25, 0.3) is 10.1 Å². The number of carbonyl (C=O) groups is 2. The molecule has 0 bridgehead atoms. The van der Waals surface area contributed by atoms with E-state index in [2.05, 4.69) is 26.1 Å². The Morgan fingerprint density at radius 2 is 1.73 bits per heavy atom. The summed E-state index contributed by atoms with van der Waals surface area (Å²) in [5, 5.41) is 24.3. The number of nitrogens with one attached hydrogen (secondary N) is 2. The number of rotatable bonds is 11. The fourth-order valence-corrected chi connectivity index (χ4v) is 4.82. The van der Waals surface area contributed by atoms with Gasteiger partial charge in [0.15, 0.2) is 11.5 Å². The number of hydrogen-bond acceptors (Lipinski definition) is 12. The molecule has 3 aromatic rings. The lowest BCUT2D eigenvalue weighted by molar-refractivity contribution is -0.114. The lowest BCUT2D eigenvalue weighted by atomic mass is 9.94. The van der Waals surface area contributed by atoms with E-state index < -0.39 is 26.5 Å². The van der Waals surface area contributed by atoms with E-state index in [-0.39, 0.29) is 41.7 Å². The van der Waals surface area contributed by atoms with Crippen LogP contribution in [0.3, 0.4) is 0 Å². The molecule has 0 fully saturated rings. The first-order chi connectivity index (χ1) is 20.9. The van der Waals surface area contributed by atoms with E-state index in [1.54, 1.807) is 37.3 Å². The number of amides is 1. The predicted molar refractivity (Wildman–Crippen MR) is 163 cm³/mol. The Bertz CT molecular complexity index is 1820. The molecule has 0 heterocycles. The molecule has 0 saturated heterocycles. The number of allylic oxidation sites excluding steroid dienone is 1. The second kappa shape index (κ2) is 13.5. The smallest absolute Gasteiger partial charge is 0.296 e. The van der Waals surface area contributed by atoms with Crippen LogP contribution in [-0.2, 0) is 14.9 Å². The average Bonchev–Trinajstić information content (AvgIpc) is 2.98. The zero-order valence-corrected chi connectivity index (χ0v) is 24.9. The van der Waals surface area contributed by atoms with Crippen molar-refractivity contribution >= 4 is 56.3 Å². The monoisotopic (exact) mass is 623 g/mol. The summed E-state index contributed by atoms with van der Waals surface area (Å²) in [6, 6.07) is 12.4. The molecular formula is C29H29N5O9S. The van der Waals surface area contributed by atoms with Crippen LogP contribution in [0.2, 0.25) is 0 Å². The molecule has 1 aliphatic carbocycles. The van der Waals surface area contributed by atoms with Crippen molar-refractivity contribution < 1.29 is 41.9 Å². The average molecular weight is 624 g/mol. The largest absolute Gasteiger partial charge is 0.497 e. The lowest BCUT2D eigenvalue weighted by Gasteiger charge is -2.18. The molecule has 14 nitrogen and oxygen atoms in total. The van der Waals surface area contributed by atoms with Gasteiger partial charge in [-0.1, -0.05) is 0 Å². The minimum Gasteiger partial charge on any atom is -0.497 e. The molecule has 15 heteroatoms. The van der Waals surface area contributed by atoms with E-state index in [1.807, 2.05) is 0 Å². The first-order valence-corrected chi connectivity index (χ1v) is 14.4. The van der Waals surface area contributed by atoms with Gasteiger partial charge in [0.05, 0.1) is 32.2 Å². The van der Waals surface area contributed by atoms with Gasteiger partial charge in [-0.25, -0.2) is 0 Å². The van der Waals surface area contributed by atoms with Crippen LogP contribution in [0, 0.1) is 6.92 Å². The fraction of sp³-hybridized carbons (Fsp3) is 0.207. The van der Waals surface area contributed by atoms with E-state index in [1.165, 1.54) is 39.3 Å². The lowest BCUT2D eigenvalue weighted by Crippen LogP contribution is -2.27. The van der Waals surface area contributed by atoms with Gasteiger partial charge in [-0.15, -0.1) is 5.11 Å². The van der Waals surface area contributed by atoms with Gasteiger partial charge in [-0.2, -0.15) is 18.6 Å². The molecule has 0 saturated carbocycles. The predicted octanol–water partition coefficient (Wildman–Crippen LogP) is 4.65. The van der Waals surface area contributed by atoms with Crippen molar-refractivity contribution in [2.75, 3.05) is 38.2 Å². The molecule has 4 rings (SSSR count). The summed E-state index contributed by atoms with van der Waals surface area (Å²) in [6.07, 6.45) is 1.10. The van der Waals surface area contributed by atoms with Crippen molar-refractivity contribution in [3.05, 3.63) is 70.1 Å². The van der Waals surface area contributed by atoms with Gasteiger partial charge in [-0.05, 0) is 60.5 Å². The minimum atomic E-state index is -4.88. The summed E-state index contributed by atoms with van der Waals surface area (Å²) in [4.78, 5) is 24.0. The third kappa shape index (κ3) is 7.26. The Balaban J connectivity index is 1.67. The number of azo groups is 1. The number of aliphatic hydroxyl groups excluding tert-OH is 1. The van der Waals surface area contributed by atoms with Crippen LogP contribution >= 0.6 is 0 Å². The van der Waals surface area contributed by atoms with Crippen LogP contribution in [0.4, 0.5) is 22.7 Å². The highest BCUT2D eigenvalue weighted by atomic mass is 32.2. The number of benzene rings is 3. The van der Waals surface area contributed by atoms with Gasteiger partial charge in [0, 0.05) is 30.3 Å². The zero-order chi connectivity index (χ0) is 32.0. The molecule has 4 N–H and O–H groups in total. The van der Waals surface area contributed by atoms with Gasteiger partial charge in [0.1, 0.15) is 28.7 Å². The van der Waals surface area contributed by atoms with Crippen LogP contribution in [0.5, 0.6) is 17.2 Å².